The fourth-order valence-electron chi connectivity index (χ4n) is 4.45. The summed E-state index contributed by atoms with van der Waals surface area (Å²) in [5.74, 6) is 4.61. The zero-order chi connectivity index (χ0) is 13.9. The van der Waals surface area contributed by atoms with E-state index in [1.807, 2.05) is 0 Å². The van der Waals surface area contributed by atoms with Crippen LogP contribution in [0.15, 0.2) is 24.3 Å². The summed E-state index contributed by atoms with van der Waals surface area (Å²) in [6.45, 7) is 0.819. The van der Waals surface area contributed by atoms with Crippen LogP contribution < -0.4 is 10.5 Å². The maximum Gasteiger partial charge on any atom is 0.118 e. The first-order valence-electron chi connectivity index (χ1n) is 8.11. The van der Waals surface area contributed by atoms with E-state index in [2.05, 4.69) is 24.3 Å². The third-order valence-corrected chi connectivity index (χ3v) is 5.54. The van der Waals surface area contributed by atoms with E-state index in [9.17, 15) is 0 Å². The minimum Gasteiger partial charge on any atom is -0.497 e. The Bertz CT molecular complexity index is 428. The summed E-state index contributed by atoms with van der Waals surface area (Å²) < 4.78 is 5.22. The van der Waals surface area contributed by atoms with Crippen molar-refractivity contribution in [1.29, 1.82) is 0 Å². The van der Waals surface area contributed by atoms with Gasteiger partial charge in [0.25, 0.3) is 0 Å². The first-order chi connectivity index (χ1) is 9.78. The Labute approximate surface area is 122 Å². The molecule has 2 fully saturated rings. The number of ether oxygens (including phenoxy) is 1. The van der Waals surface area contributed by atoms with Crippen molar-refractivity contribution in [1.82, 2.24) is 0 Å². The molecule has 0 radical (unpaired) electrons. The van der Waals surface area contributed by atoms with Gasteiger partial charge >= 0.3 is 0 Å². The van der Waals surface area contributed by atoms with Crippen molar-refractivity contribution in [2.45, 2.75) is 38.5 Å². The van der Waals surface area contributed by atoms with Crippen molar-refractivity contribution in [3.63, 3.8) is 0 Å². The Kier molecular flexibility index (Phi) is 4.30. The lowest BCUT2D eigenvalue weighted by molar-refractivity contribution is 0.268. The second kappa shape index (κ2) is 6.17. The number of nitrogens with two attached hydrogens (primary N) is 1. The Hall–Kier alpha value is -1.02. The molecule has 2 saturated carbocycles. The first kappa shape index (κ1) is 13.9. The highest BCUT2D eigenvalue weighted by Crippen LogP contribution is 2.50. The second-order valence-corrected chi connectivity index (χ2v) is 6.82. The predicted octanol–water partition coefficient (Wildman–Crippen LogP) is 3.64. The van der Waals surface area contributed by atoms with Gasteiger partial charge in [-0.2, -0.15) is 0 Å². The van der Waals surface area contributed by atoms with E-state index in [0.717, 1.165) is 36.5 Å². The smallest absolute Gasteiger partial charge is 0.118 e. The monoisotopic (exact) mass is 273 g/mol. The molecule has 0 amide bonds. The zero-order valence-corrected chi connectivity index (χ0v) is 12.6. The van der Waals surface area contributed by atoms with Crippen LogP contribution in [0.2, 0.25) is 0 Å². The van der Waals surface area contributed by atoms with Gasteiger partial charge in [-0.1, -0.05) is 18.6 Å². The predicted molar refractivity (Wildman–Crippen MR) is 82.8 cm³/mol. The summed E-state index contributed by atoms with van der Waals surface area (Å²) in [4.78, 5) is 0. The molecule has 110 valence electrons. The van der Waals surface area contributed by atoms with E-state index in [1.165, 1.54) is 37.7 Å². The van der Waals surface area contributed by atoms with Crippen LogP contribution in [0.3, 0.4) is 0 Å². The normalized spacial score (nSPS) is 29.6. The molecule has 2 bridgehead atoms. The van der Waals surface area contributed by atoms with Crippen molar-refractivity contribution in [2.75, 3.05) is 13.7 Å². The second-order valence-electron chi connectivity index (χ2n) is 6.82. The molecule has 3 rings (SSSR count). The topological polar surface area (TPSA) is 35.2 Å². The quantitative estimate of drug-likeness (QED) is 0.859. The Morgan fingerprint density at radius 1 is 1.20 bits per heavy atom. The van der Waals surface area contributed by atoms with Crippen LogP contribution in [0.4, 0.5) is 0 Å². The fourth-order valence-corrected chi connectivity index (χ4v) is 4.45. The maximum absolute atomic E-state index is 6.03. The van der Waals surface area contributed by atoms with Gasteiger partial charge < -0.3 is 10.5 Å². The van der Waals surface area contributed by atoms with Crippen LogP contribution in [0.25, 0.3) is 0 Å². The molecule has 0 aliphatic heterocycles. The van der Waals surface area contributed by atoms with Gasteiger partial charge in [0.05, 0.1) is 7.11 Å². The Morgan fingerprint density at radius 2 is 2.00 bits per heavy atom. The van der Waals surface area contributed by atoms with Gasteiger partial charge in [-0.15, -0.1) is 0 Å². The number of benzene rings is 1. The summed E-state index contributed by atoms with van der Waals surface area (Å²) >= 11 is 0. The summed E-state index contributed by atoms with van der Waals surface area (Å²) in [6, 6.07) is 8.48. The molecule has 4 unspecified atom stereocenters. The molecule has 0 saturated heterocycles. The molecular weight excluding hydrogens is 246 g/mol. The number of rotatable bonds is 6. The van der Waals surface area contributed by atoms with Crippen LogP contribution in [0.5, 0.6) is 5.75 Å². The van der Waals surface area contributed by atoms with Gasteiger partial charge in [0.2, 0.25) is 0 Å². The Morgan fingerprint density at radius 3 is 2.55 bits per heavy atom. The summed E-state index contributed by atoms with van der Waals surface area (Å²) in [5.41, 5.74) is 7.42. The Balaban J connectivity index is 1.56. The third-order valence-electron chi connectivity index (χ3n) is 5.54. The van der Waals surface area contributed by atoms with Crippen LogP contribution in [-0.4, -0.2) is 13.7 Å². The SMILES string of the molecule is COc1ccc(CC(CN)CC2CC3CCC2C3)cc1. The van der Waals surface area contributed by atoms with Crippen molar-refractivity contribution in [3.8, 4) is 5.75 Å². The summed E-state index contributed by atoms with van der Waals surface area (Å²) in [7, 11) is 1.72. The van der Waals surface area contributed by atoms with Gasteiger partial charge in [0, 0.05) is 0 Å². The van der Waals surface area contributed by atoms with E-state index in [-0.39, 0.29) is 0 Å². The number of methoxy groups -OCH3 is 1. The van der Waals surface area contributed by atoms with Crippen molar-refractivity contribution in [3.05, 3.63) is 29.8 Å². The molecule has 4 atom stereocenters. The van der Waals surface area contributed by atoms with E-state index < -0.39 is 0 Å². The number of hydrogen-bond acceptors (Lipinski definition) is 2. The van der Waals surface area contributed by atoms with Crippen molar-refractivity contribution < 1.29 is 4.74 Å². The molecule has 2 N–H and O–H groups in total. The highest BCUT2D eigenvalue weighted by Gasteiger charge is 2.39. The largest absolute Gasteiger partial charge is 0.497 e. The van der Waals surface area contributed by atoms with Gasteiger partial charge in [-0.25, -0.2) is 0 Å². The zero-order valence-electron chi connectivity index (χ0n) is 12.6. The van der Waals surface area contributed by atoms with Gasteiger partial charge in [-0.3, -0.25) is 0 Å². The van der Waals surface area contributed by atoms with Gasteiger partial charge in [0.15, 0.2) is 0 Å². The molecule has 2 nitrogen and oxygen atoms in total. The van der Waals surface area contributed by atoms with Gasteiger partial charge in [-0.05, 0) is 80.0 Å². The van der Waals surface area contributed by atoms with Crippen molar-refractivity contribution in [2.24, 2.45) is 29.4 Å². The van der Waals surface area contributed by atoms with E-state index in [4.69, 9.17) is 10.5 Å². The van der Waals surface area contributed by atoms with E-state index >= 15 is 0 Å². The number of hydrogen-bond donors (Lipinski definition) is 1. The van der Waals surface area contributed by atoms with Crippen LogP contribution in [0, 0.1) is 23.7 Å². The lowest BCUT2D eigenvalue weighted by Gasteiger charge is -2.26. The standard InChI is InChI=1S/C18H27NO/c1-20-18-6-3-13(4-7-18)8-15(12-19)11-17-10-14-2-5-16(17)9-14/h3-4,6-7,14-17H,2,5,8-12,19H2,1H3. The highest BCUT2D eigenvalue weighted by molar-refractivity contribution is 5.27. The summed E-state index contributed by atoms with van der Waals surface area (Å²) in [6.07, 6.45) is 8.41. The van der Waals surface area contributed by atoms with E-state index in [0.29, 0.717) is 5.92 Å². The van der Waals surface area contributed by atoms with Crippen LogP contribution in [-0.2, 0) is 6.42 Å². The lowest BCUT2D eigenvalue weighted by Crippen LogP contribution is -2.23. The molecular formula is C18H27NO. The average molecular weight is 273 g/mol. The fraction of sp³-hybridized carbons (Fsp3) is 0.667. The lowest BCUT2D eigenvalue weighted by atomic mass is 9.80. The van der Waals surface area contributed by atoms with Crippen LogP contribution in [0.1, 0.15) is 37.7 Å². The summed E-state index contributed by atoms with van der Waals surface area (Å²) in [5, 5.41) is 0. The molecule has 0 aromatic heterocycles. The third kappa shape index (κ3) is 3.01. The molecule has 2 aliphatic carbocycles. The molecule has 2 aliphatic rings. The molecule has 0 spiro atoms. The van der Waals surface area contributed by atoms with Gasteiger partial charge in [0.1, 0.15) is 5.75 Å². The molecule has 20 heavy (non-hydrogen) atoms. The molecule has 1 aromatic carbocycles. The molecule has 1 aromatic rings. The minimum atomic E-state index is 0.646. The first-order valence-corrected chi connectivity index (χ1v) is 8.11. The molecule has 0 heterocycles. The van der Waals surface area contributed by atoms with Crippen LogP contribution >= 0.6 is 0 Å². The maximum atomic E-state index is 6.03. The average Bonchev–Trinajstić information content (AvgIpc) is 3.10. The highest BCUT2D eigenvalue weighted by atomic mass is 16.5. The van der Waals surface area contributed by atoms with E-state index in [1.54, 1.807) is 7.11 Å². The minimum absolute atomic E-state index is 0.646. The molecule has 2 heteroatoms. The van der Waals surface area contributed by atoms with Crippen molar-refractivity contribution >= 4 is 0 Å². The number of fused-ring (bicyclic) bond motifs is 2.